The van der Waals surface area contributed by atoms with E-state index in [0.29, 0.717) is 26.8 Å². The molecule has 0 heterocycles. The summed E-state index contributed by atoms with van der Waals surface area (Å²) in [7, 11) is 1.93. The van der Waals surface area contributed by atoms with Crippen molar-refractivity contribution in [3.63, 3.8) is 0 Å². The first-order chi connectivity index (χ1) is 9.99. The molecule has 1 N–H and O–H groups in total. The van der Waals surface area contributed by atoms with Gasteiger partial charge in [0.2, 0.25) is 0 Å². The zero-order chi connectivity index (χ0) is 15.4. The Balaban J connectivity index is 1.99. The van der Waals surface area contributed by atoms with Crippen molar-refractivity contribution in [3.8, 4) is 0 Å². The topological polar surface area (TPSA) is 32.3 Å². The zero-order valence-corrected chi connectivity index (χ0v) is 14.2. The van der Waals surface area contributed by atoms with Crippen molar-refractivity contribution >= 4 is 46.4 Å². The van der Waals surface area contributed by atoms with Crippen LogP contribution < -0.4 is 5.32 Å². The third-order valence-corrected chi connectivity index (χ3v) is 4.78. The predicted octanol–water partition coefficient (Wildman–Crippen LogP) is 4.27. The Kier molecular flexibility index (Phi) is 5.85. The van der Waals surface area contributed by atoms with Gasteiger partial charge in [0.1, 0.15) is 0 Å². The first-order valence-electron chi connectivity index (χ1n) is 7.02. The predicted molar refractivity (Wildman–Crippen MR) is 91.2 cm³/mol. The van der Waals surface area contributed by atoms with Gasteiger partial charge in [0, 0.05) is 18.1 Å². The SMILES string of the molecule is CN(C(=S)NC(=O)c1ccc(Cl)cc1Cl)C1CCCCC1. The molecule has 114 valence electrons. The third kappa shape index (κ3) is 4.31. The molecular weight excluding hydrogens is 327 g/mol. The van der Waals surface area contributed by atoms with Gasteiger partial charge >= 0.3 is 0 Å². The lowest BCUT2D eigenvalue weighted by Gasteiger charge is -2.32. The molecule has 0 aliphatic heterocycles. The summed E-state index contributed by atoms with van der Waals surface area (Å²) >= 11 is 17.2. The van der Waals surface area contributed by atoms with Crippen LogP contribution in [0.15, 0.2) is 18.2 Å². The second-order valence-corrected chi connectivity index (χ2v) is 6.52. The minimum absolute atomic E-state index is 0.302. The molecule has 2 rings (SSSR count). The Hall–Kier alpha value is -0.840. The van der Waals surface area contributed by atoms with Crippen molar-refractivity contribution in [1.82, 2.24) is 10.2 Å². The normalized spacial score (nSPS) is 15.6. The Morgan fingerprint density at radius 3 is 2.57 bits per heavy atom. The van der Waals surface area contributed by atoms with Crippen LogP contribution in [0.5, 0.6) is 0 Å². The van der Waals surface area contributed by atoms with Gasteiger partial charge in [0.25, 0.3) is 5.91 Å². The standard InChI is InChI=1S/C15H18Cl2N2OS/c1-19(11-5-3-2-4-6-11)15(21)18-14(20)12-8-7-10(16)9-13(12)17/h7-9,11H,2-6H2,1H3,(H,18,20,21). The molecule has 0 bridgehead atoms. The monoisotopic (exact) mass is 344 g/mol. The number of hydrogen-bond donors (Lipinski definition) is 1. The molecule has 1 fully saturated rings. The molecule has 0 unspecified atom stereocenters. The fraction of sp³-hybridized carbons (Fsp3) is 0.467. The summed E-state index contributed by atoms with van der Waals surface area (Å²) in [5.41, 5.74) is 0.375. The smallest absolute Gasteiger partial charge is 0.258 e. The van der Waals surface area contributed by atoms with Crippen LogP contribution >= 0.6 is 35.4 Å². The van der Waals surface area contributed by atoms with Crippen molar-refractivity contribution in [2.24, 2.45) is 0 Å². The van der Waals surface area contributed by atoms with E-state index in [-0.39, 0.29) is 5.91 Å². The van der Waals surface area contributed by atoms with Crippen LogP contribution in [0.4, 0.5) is 0 Å². The highest BCUT2D eigenvalue weighted by molar-refractivity contribution is 7.80. The van der Waals surface area contributed by atoms with Gasteiger partial charge in [0.15, 0.2) is 5.11 Å². The number of amides is 1. The van der Waals surface area contributed by atoms with Crippen molar-refractivity contribution < 1.29 is 4.79 Å². The summed E-state index contributed by atoms with van der Waals surface area (Å²) in [4.78, 5) is 14.2. The van der Waals surface area contributed by atoms with E-state index in [1.165, 1.54) is 19.3 Å². The lowest BCUT2D eigenvalue weighted by atomic mass is 9.95. The lowest BCUT2D eigenvalue weighted by Crippen LogP contribution is -2.46. The summed E-state index contributed by atoms with van der Waals surface area (Å²) in [6, 6.07) is 5.19. The molecule has 0 saturated heterocycles. The average Bonchev–Trinajstić information content (AvgIpc) is 2.47. The van der Waals surface area contributed by atoms with Gasteiger partial charge in [-0.2, -0.15) is 0 Å². The molecule has 21 heavy (non-hydrogen) atoms. The van der Waals surface area contributed by atoms with E-state index < -0.39 is 0 Å². The van der Waals surface area contributed by atoms with Gasteiger partial charge in [-0.25, -0.2) is 0 Å². The van der Waals surface area contributed by atoms with Crippen LogP contribution in [0, 0.1) is 0 Å². The molecule has 6 heteroatoms. The lowest BCUT2D eigenvalue weighted by molar-refractivity contribution is 0.0972. The fourth-order valence-corrected chi connectivity index (χ4v) is 3.30. The molecule has 3 nitrogen and oxygen atoms in total. The molecule has 1 aliphatic rings. The molecule has 0 atom stereocenters. The number of carbonyl (C=O) groups is 1. The van der Waals surface area contributed by atoms with Crippen molar-refractivity contribution in [2.75, 3.05) is 7.05 Å². The molecule has 1 aliphatic carbocycles. The van der Waals surface area contributed by atoms with E-state index >= 15 is 0 Å². The number of halogens is 2. The number of rotatable bonds is 2. The Morgan fingerprint density at radius 1 is 1.29 bits per heavy atom. The third-order valence-electron chi connectivity index (χ3n) is 3.84. The number of nitrogens with zero attached hydrogens (tertiary/aromatic N) is 1. The number of thiocarbonyl (C=S) groups is 1. The maximum absolute atomic E-state index is 12.2. The zero-order valence-electron chi connectivity index (χ0n) is 11.9. The van der Waals surface area contributed by atoms with Gasteiger partial charge < -0.3 is 4.90 Å². The van der Waals surface area contributed by atoms with Crippen molar-refractivity contribution in [3.05, 3.63) is 33.8 Å². The molecule has 1 aromatic rings. The summed E-state index contributed by atoms with van der Waals surface area (Å²) in [6.45, 7) is 0. The van der Waals surface area contributed by atoms with Gasteiger partial charge in [0.05, 0.1) is 10.6 Å². The first kappa shape index (κ1) is 16.5. The molecular formula is C15H18Cl2N2OS. The first-order valence-corrected chi connectivity index (χ1v) is 8.18. The van der Waals surface area contributed by atoms with Gasteiger partial charge in [-0.05, 0) is 43.3 Å². The van der Waals surface area contributed by atoms with Crippen LogP contribution in [0.2, 0.25) is 10.0 Å². The van der Waals surface area contributed by atoms with Crippen LogP contribution in [-0.4, -0.2) is 29.0 Å². The molecule has 0 radical (unpaired) electrons. The number of hydrogen-bond acceptors (Lipinski definition) is 2. The van der Waals surface area contributed by atoms with Crippen molar-refractivity contribution in [2.45, 2.75) is 38.1 Å². The fourth-order valence-electron chi connectivity index (χ4n) is 2.56. The quantitative estimate of drug-likeness (QED) is 0.813. The van der Waals surface area contributed by atoms with Crippen LogP contribution in [0.25, 0.3) is 0 Å². The molecule has 1 amide bonds. The Morgan fingerprint density at radius 2 is 1.95 bits per heavy atom. The van der Waals surface area contributed by atoms with Crippen LogP contribution in [0.3, 0.4) is 0 Å². The summed E-state index contributed by atoms with van der Waals surface area (Å²) in [6.07, 6.45) is 5.95. The average molecular weight is 345 g/mol. The highest BCUT2D eigenvalue weighted by Crippen LogP contribution is 2.23. The molecule has 0 aromatic heterocycles. The number of nitrogens with one attached hydrogen (secondary N) is 1. The van der Waals surface area contributed by atoms with E-state index in [2.05, 4.69) is 5.32 Å². The summed E-state index contributed by atoms with van der Waals surface area (Å²) < 4.78 is 0. The van der Waals surface area contributed by atoms with Crippen LogP contribution in [0.1, 0.15) is 42.5 Å². The minimum Gasteiger partial charge on any atom is -0.349 e. The second-order valence-electron chi connectivity index (χ2n) is 5.29. The van der Waals surface area contributed by atoms with E-state index in [9.17, 15) is 4.79 Å². The van der Waals surface area contributed by atoms with Crippen molar-refractivity contribution in [1.29, 1.82) is 0 Å². The van der Waals surface area contributed by atoms with Gasteiger partial charge in [-0.15, -0.1) is 0 Å². The van der Waals surface area contributed by atoms with E-state index in [1.807, 2.05) is 11.9 Å². The molecule has 0 spiro atoms. The van der Waals surface area contributed by atoms with E-state index in [1.54, 1.807) is 18.2 Å². The number of benzene rings is 1. The van der Waals surface area contributed by atoms with Gasteiger partial charge in [-0.3, -0.25) is 10.1 Å². The largest absolute Gasteiger partial charge is 0.349 e. The minimum atomic E-state index is -0.302. The Labute approximate surface area is 140 Å². The van der Waals surface area contributed by atoms with E-state index in [0.717, 1.165) is 12.8 Å². The summed E-state index contributed by atoms with van der Waals surface area (Å²) in [5, 5.41) is 4.01. The maximum Gasteiger partial charge on any atom is 0.258 e. The summed E-state index contributed by atoms with van der Waals surface area (Å²) in [5.74, 6) is -0.302. The van der Waals surface area contributed by atoms with Crippen LogP contribution in [-0.2, 0) is 0 Å². The highest BCUT2D eigenvalue weighted by Gasteiger charge is 2.21. The Bertz CT molecular complexity index is 544. The highest BCUT2D eigenvalue weighted by atomic mass is 35.5. The molecule has 1 saturated carbocycles. The number of carbonyl (C=O) groups excluding carboxylic acids is 1. The second kappa shape index (κ2) is 7.43. The molecule has 1 aromatic carbocycles. The van der Waals surface area contributed by atoms with Gasteiger partial charge in [-0.1, -0.05) is 42.5 Å². The van der Waals surface area contributed by atoms with E-state index in [4.69, 9.17) is 35.4 Å². The maximum atomic E-state index is 12.2.